The monoisotopic (exact) mass is 402 g/mol. The Hall–Kier alpha value is -2.90. The molecule has 1 heterocycles. The molecule has 8 heteroatoms. The lowest BCUT2D eigenvalue weighted by molar-refractivity contribution is -0.135. The Bertz CT molecular complexity index is 800. The van der Waals surface area contributed by atoms with Crippen molar-refractivity contribution < 1.29 is 19.2 Å². The number of nitrogens with zero attached hydrogens (tertiary/aromatic N) is 1. The summed E-state index contributed by atoms with van der Waals surface area (Å²) in [6, 6.07) is 5.01. The topological polar surface area (TPSA) is 108 Å². The van der Waals surface area contributed by atoms with Crippen molar-refractivity contribution in [1.29, 1.82) is 0 Å². The maximum atomic E-state index is 12.8. The molecule has 1 aliphatic heterocycles. The summed E-state index contributed by atoms with van der Waals surface area (Å²) in [6.07, 6.45) is 2.54. The van der Waals surface area contributed by atoms with E-state index in [4.69, 9.17) is 0 Å². The molecule has 0 spiro atoms. The van der Waals surface area contributed by atoms with Crippen molar-refractivity contribution in [3.8, 4) is 0 Å². The van der Waals surface area contributed by atoms with Crippen LogP contribution in [0.1, 0.15) is 50.7 Å². The Kier molecular flexibility index (Phi) is 7.36. The largest absolute Gasteiger partial charge is 0.345 e. The molecule has 1 aliphatic rings. The van der Waals surface area contributed by atoms with E-state index in [0.29, 0.717) is 18.5 Å². The predicted octanol–water partition coefficient (Wildman–Crippen LogP) is 2.25. The Balaban J connectivity index is 1.91. The van der Waals surface area contributed by atoms with Gasteiger partial charge in [0.2, 0.25) is 11.8 Å². The van der Waals surface area contributed by atoms with Crippen molar-refractivity contribution in [2.75, 3.05) is 18.4 Å². The van der Waals surface area contributed by atoms with Crippen LogP contribution in [0.15, 0.2) is 18.2 Å². The summed E-state index contributed by atoms with van der Waals surface area (Å²) in [6.45, 7) is 7.09. The number of amides is 5. The molecule has 0 aromatic heterocycles. The number of carbonyl (C=O) groups excluding carboxylic acids is 4. The highest BCUT2D eigenvalue weighted by Crippen LogP contribution is 2.27. The second-order valence-electron chi connectivity index (χ2n) is 7.48. The Morgan fingerprint density at radius 3 is 2.34 bits per heavy atom. The summed E-state index contributed by atoms with van der Waals surface area (Å²) in [4.78, 5) is 50.4. The van der Waals surface area contributed by atoms with Gasteiger partial charge < -0.3 is 16.0 Å². The fourth-order valence-electron chi connectivity index (χ4n) is 3.60. The number of carbonyl (C=O) groups is 4. The van der Waals surface area contributed by atoms with Crippen molar-refractivity contribution in [2.45, 2.75) is 58.9 Å². The zero-order chi connectivity index (χ0) is 21.6. The maximum Gasteiger partial charge on any atom is 0.325 e. The van der Waals surface area contributed by atoms with E-state index in [0.717, 1.165) is 28.9 Å². The van der Waals surface area contributed by atoms with Crippen molar-refractivity contribution in [3.05, 3.63) is 29.3 Å². The second kappa shape index (κ2) is 9.54. The molecule has 1 aromatic carbocycles. The van der Waals surface area contributed by atoms with Crippen LogP contribution < -0.4 is 16.0 Å². The van der Waals surface area contributed by atoms with E-state index in [1.165, 1.54) is 0 Å². The highest BCUT2D eigenvalue weighted by atomic mass is 16.2. The number of anilines is 1. The molecule has 3 N–H and O–H groups in total. The van der Waals surface area contributed by atoms with Gasteiger partial charge >= 0.3 is 6.03 Å². The van der Waals surface area contributed by atoms with Crippen LogP contribution in [0.5, 0.6) is 0 Å². The van der Waals surface area contributed by atoms with E-state index in [-0.39, 0.29) is 18.4 Å². The molecule has 0 saturated carbocycles. The SMILES string of the molecule is CCCC1(CCC)NC(=O)N(CC(=O)NCC(=O)Nc2cccc(C)c2C)C1=O. The quantitative estimate of drug-likeness (QED) is 0.551. The van der Waals surface area contributed by atoms with Gasteiger partial charge in [-0.1, -0.05) is 38.8 Å². The molecule has 1 saturated heterocycles. The van der Waals surface area contributed by atoms with Gasteiger partial charge in [-0.2, -0.15) is 0 Å². The van der Waals surface area contributed by atoms with Crippen molar-refractivity contribution in [3.63, 3.8) is 0 Å². The minimum absolute atomic E-state index is 0.245. The van der Waals surface area contributed by atoms with Gasteiger partial charge in [0.1, 0.15) is 12.1 Å². The molecule has 1 aromatic rings. The number of imide groups is 1. The minimum Gasteiger partial charge on any atom is -0.345 e. The fourth-order valence-corrected chi connectivity index (χ4v) is 3.60. The summed E-state index contributed by atoms with van der Waals surface area (Å²) in [5, 5.41) is 7.98. The molecule has 8 nitrogen and oxygen atoms in total. The maximum absolute atomic E-state index is 12.8. The lowest BCUT2D eigenvalue weighted by Crippen LogP contribution is -2.47. The highest BCUT2D eigenvalue weighted by molar-refractivity contribution is 6.09. The molecule has 0 radical (unpaired) electrons. The van der Waals surface area contributed by atoms with Gasteiger partial charge in [0, 0.05) is 5.69 Å². The van der Waals surface area contributed by atoms with E-state index in [9.17, 15) is 19.2 Å². The van der Waals surface area contributed by atoms with Crippen LogP contribution in [0.2, 0.25) is 0 Å². The number of hydrogen-bond acceptors (Lipinski definition) is 4. The van der Waals surface area contributed by atoms with Crippen LogP contribution in [-0.2, 0) is 14.4 Å². The number of aryl methyl sites for hydroxylation is 1. The third-order valence-corrected chi connectivity index (χ3v) is 5.23. The molecule has 158 valence electrons. The standard InChI is InChI=1S/C21H30N4O4/c1-5-10-21(11-6-2)19(28)25(20(29)24-21)13-18(27)22-12-17(26)23-16-9-7-8-14(3)15(16)4/h7-9H,5-6,10-13H2,1-4H3,(H,22,27)(H,23,26)(H,24,29). The molecule has 0 bridgehead atoms. The first-order chi connectivity index (χ1) is 13.7. The molecular formula is C21H30N4O4. The third-order valence-electron chi connectivity index (χ3n) is 5.23. The Morgan fingerprint density at radius 2 is 1.72 bits per heavy atom. The second-order valence-corrected chi connectivity index (χ2v) is 7.48. The summed E-state index contributed by atoms with van der Waals surface area (Å²) in [5.74, 6) is -1.31. The average molecular weight is 402 g/mol. The van der Waals surface area contributed by atoms with Gasteiger partial charge in [-0.25, -0.2) is 4.79 Å². The molecule has 29 heavy (non-hydrogen) atoms. The average Bonchev–Trinajstić information content (AvgIpc) is 2.89. The molecule has 0 unspecified atom stereocenters. The molecule has 1 fully saturated rings. The molecular weight excluding hydrogens is 372 g/mol. The fraction of sp³-hybridized carbons (Fsp3) is 0.524. The number of hydrogen-bond donors (Lipinski definition) is 3. The number of rotatable bonds is 9. The highest BCUT2D eigenvalue weighted by Gasteiger charge is 2.50. The summed E-state index contributed by atoms with van der Waals surface area (Å²) < 4.78 is 0. The van der Waals surface area contributed by atoms with Gasteiger partial charge in [-0.15, -0.1) is 0 Å². The number of nitrogens with one attached hydrogen (secondary N) is 3. The first kappa shape index (κ1) is 22.4. The molecule has 0 aliphatic carbocycles. The van der Waals surface area contributed by atoms with Gasteiger partial charge in [0.25, 0.3) is 5.91 Å². The van der Waals surface area contributed by atoms with E-state index in [1.54, 1.807) is 6.07 Å². The van der Waals surface area contributed by atoms with Crippen molar-refractivity contribution >= 4 is 29.4 Å². The molecule has 2 rings (SSSR count). The molecule has 0 atom stereocenters. The first-order valence-electron chi connectivity index (χ1n) is 10.0. The van der Waals surface area contributed by atoms with Gasteiger partial charge in [-0.3, -0.25) is 19.3 Å². The zero-order valence-electron chi connectivity index (χ0n) is 17.6. The summed E-state index contributed by atoms with van der Waals surface area (Å²) >= 11 is 0. The smallest absolute Gasteiger partial charge is 0.325 e. The van der Waals surface area contributed by atoms with E-state index in [1.807, 2.05) is 39.8 Å². The van der Waals surface area contributed by atoms with Gasteiger partial charge in [-0.05, 0) is 43.9 Å². The lowest BCUT2D eigenvalue weighted by Gasteiger charge is -2.25. The minimum atomic E-state index is -0.930. The van der Waals surface area contributed by atoms with Crippen LogP contribution in [0.4, 0.5) is 10.5 Å². The van der Waals surface area contributed by atoms with Crippen LogP contribution in [0.25, 0.3) is 0 Å². The third kappa shape index (κ3) is 5.13. The van der Waals surface area contributed by atoms with Crippen LogP contribution in [0, 0.1) is 13.8 Å². The Morgan fingerprint density at radius 1 is 1.07 bits per heavy atom. The predicted molar refractivity (Wildman–Crippen MR) is 110 cm³/mol. The first-order valence-corrected chi connectivity index (χ1v) is 10.0. The van der Waals surface area contributed by atoms with E-state index >= 15 is 0 Å². The van der Waals surface area contributed by atoms with E-state index < -0.39 is 24.0 Å². The van der Waals surface area contributed by atoms with Gasteiger partial charge in [0.15, 0.2) is 0 Å². The zero-order valence-corrected chi connectivity index (χ0v) is 17.6. The number of benzene rings is 1. The molecule has 5 amide bonds. The normalized spacial score (nSPS) is 15.2. The van der Waals surface area contributed by atoms with Crippen molar-refractivity contribution in [2.24, 2.45) is 0 Å². The lowest BCUT2D eigenvalue weighted by atomic mass is 9.88. The van der Waals surface area contributed by atoms with Crippen LogP contribution >= 0.6 is 0 Å². The van der Waals surface area contributed by atoms with Gasteiger partial charge in [0.05, 0.1) is 6.54 Å². The Labute approximate surface area is 171 Å². The van der Waals surface area contributed by atoms with Crippen LogP contribution in [0.3, 0.4) is 0 Å². The van der Waals surface area contributed by atoms with E-state index in [2.05, 4.69) is 16.0 Å². The summed E-state index contributed by atoms with van der Waals surface area (Å²) in [5.41, 5.74) is 1.76. The number of urea groups is 1. The summed E-state index contributed by atoms with van der Waals surface area (Å²) in [7, 11) is 0. The van der Waals surface area contributed by atoms with Crippen molar-refractivity contribution in [1.82, 2.24) is 15.5 Å². The van der Waals surface area contributed by atoms with Crippen LogP contribution in [-0.4, -0.2) is 47.3 Å².